The Bertz CT molecular complexity index is 418. The Balaban J connectivity index is 2.08. The lowest BCUT2D eigenvalue weighted by Crippen LogP contribution is -2.35. The molecular formula is C12H17BrN2OS. The van der Waals surface area contributed by atoms with Gasteiger partial charge in [-0.2, -0.15) is 0 Å². The number of thiophene rings is 1. The molecule has 3 nitrogen and oxygen atoms in total. The van der Waals surface area contributed by atoms with Gasteiger partial charge < -0.3 is 9.80 Å². The molecule has 0 radical (unpaired) electrons. The standard InChI is InChI=1S/C12H17BrN2OS/c1-8-5-15(6-10(8)14(2)3)12(16)9-4-11(13)17-7-9/h4,7-8,10H,5-6H2,1-3H3. The number of hydrogen-bond donors (Lipinski definition) is 0. The van der Waals surface area contributed by atoms with E-state index in [1.165, 1.54) is 0 Å². The summed E-state index contributed by atoms with van der Waals surface area (Å²) in [6, 6.07) is 2.38. The predicted molar refractivity (Wildman–Crippen MR) is 74.6 cm³/mol. The zero-order valence-corrected chi connectivity index (χ0v) is 12.7. The Morgan fingerprint density at radius 3 is 2.71 bits per heavy atom. The molecule has 2 rings (SSSR count). The van der Waals surface area contributed by atoms with Crippen molar-refractivity contribution in [2.45, 2.75) is 13.0 Å². The molecule has 2 heterocycles. The summed E-state index contributed by atoms with van der Waals surface area (Å²) in [5, 5.41) is 1.92. The fourth-order valence-corrected chi connectivity index (χ4v) is 3.52. The molecule has 94 valence electrons. The van der Waals surface area contributed by atoms with Crippen molar-refractivity contribution in [2.75, 3.05) is 27.2 Å². The summed E-state index contributed by atoms with van der Waals surface area (Å²) in [6.45, 7) is 3.90. The van der Waals surface area contributed by atoms with Gasteiger partial charge in [0.1, 0.15) is 0 Å². The zero-order valence-electron chi connectivity index (χ0n) is 10.3. The van der Waals surface area contributed by atoms with Crippen LogP contribution in [0.1, 0.15) is 17.3 Å². The zero-order chi connectivity index (χ0) is 12.6. The number of halogens is 1. The number of hydrogen-bond acceptors (Lipinski definition) is 3. The maximum atomic E-state index is 12.3. The minimum Gasteiger partial charge on any atom is -0.337 e. The SMILES string of the molecule is CC1CN(C(=O)c2csc(Br)c2)CC1N(C)C. The Hall–Kier alpha value is -0.390. The van der Waals surface area contributed by atoms with E-state index in [1.54, 1.807) is 11.3 Å². The number of amides is 1. The molecule has 1 aromatic heterocycles. The van der Waals surface area contributed by atoms with Crippen LogP contribution in [-0.2, 0) is 0 Å². The van der Waals surface area contributed by atoms with Crippen molar-refractivity contribution >= 4 is 33.2 Å². The average molecular weight is 317 g/mol. The van der Waals surface area contributed by atoms with E-state index >= 15 is 0 Å². The van der Waals surface area contributed by atoms with E-state index in [-0.39, 0.29) is 5.91 Å². The summed E-state index contributed by atoms with van der Waals surface area (Å²) in [6.07, 6.45) is 0. The van der Waals surface area contributed by atoms with Crippen LogP contribution in [0.25, 0.3) is 0 Å². The Labute approximate surface area is 115 Å². The van der Waals surface area contributed by atoms with Crippen LogP contribution >= 0.6 is 27.3 Å². The highest BCUT2D eigenvalue weighted by Crippen LogP contribution is 2.25. The molecule has 1 amide bonds. The van der Waals surface area contributed by atoms with Crippen molar-refractivity contribution in [1.82, 2.24) is 9.80 Å². The molecule has 0 saturated carbocycles. The van der Waals surface area contributed by atoms with Crippen LogP contribution in [0.4, 0.5) is 0 Å². The summed E-state index contributed by atoms with van der Waals surface area (Å²) >= 11 is 4.95. The van der Waals surface area contributed by atoms with E-state index in [1.807, 2.05) is 16.3 Å². The molecule has 0 bridgehead atoms. The van der Waals surface area contributed by atoms with Crippen molar-refractivity contribution in [1.29, 1.82) is 0 Å². The van der Waals surface area contributed by atoms with Crippen molar-refractivity contribution in [3.63, 3.8) is 0 Å². The molecular weight excluding hydrogens is 300 g/mol. The van der Waals surface area contributed by atoms with Crippen LogP contribution in [0.2, 0.25) is 0 Å². The van der Waals surface area contributed by atoms with Gasteiger partial charge in [0.05, 0.1) is 9.35 Å². The fourth-order valence-electron chi connectivity index (χ4n) is 2.39. The topological polar surface area (TPSA) is 23.6 Å². The van der Waals surface area contributed by atoms with Crippen molar-refractivity contribution in [3.05, 3.63) is 20.8 Å². The fraction of sp³-hybridized carbons (Fsp3) is 0.583. The molecule has 0 spiro atoms. The minimum absolute atomic E-state index is 0.156. The number of nitrogens with zero attached hydrogens (tertiary/aromatic N) is 2. The smallest absolute Gasteiger partial charge is 0.254 e. The molecule has 2 unspecified atom stereocenters. The summed E-state index contributed by atoms with van der Waals surface area (Å²) in [7, 11) is 4.16. The number of carbonyl (C=O) groups excluding carboxylic acids is 1. The molecule has 0 N–H and O–H groups in total. The summed E-state index contributed by atoms with van der Waals surface area (Å²) < 4.78 is 1.01. The second-order valence-electron chi connectivity index (χ2n) is 4.86. The first-order chi connectivity index (χ1) is 7.99. The van der Waals surface area contributed by atoms with E-state index in [4.69, 9.17) is 0 Å². The average Bonchev–Trinajstić information content (AvgIpc) is 2.83. The van der Waals surface area contributed by atoms with Crippen LogP contribution in [0, 0.1) is 5.92 Å². The number of carbonyl (C=O) groups is 1. The normalized spacial score (nSPS) is 24.6. The Kier molecular flexibility index (Phi) is 3.90. The van der Waals surface area contributed by atoms with E-state index in [0.29, 0.717) is 12.0 Å². The molecule has 2 atom stereocenters. The third kappa shape index (κ3) is 2.72. The molecule has 5 heteroatoms. The van der Waals surface area contributed by atoms with E-state index in [2.05, 4.69) is 41.8 Å². The molecule has 1 fully saturated rings. The van der Waals surface area contributed by atoms with Gasteiger partial charge in [0, 0.05) is 24.5 Å². The van der Waals surface area contributed by atoms with Gasteiger partial charge in [-0.15, -0.1) is 11.3 Å². The highest BCUT2D eigenvalue weighted by Gasteiger charge is 2.34. The molecule has 1 aliphatic heterocycles. The lowest BCUT2D eigenvalue weighted by molar-refractivity contribution is 0.0782. The van der Waals surface area contributed by atoms with Gasteiger partial charge in [-0.1, -0.05) is 6.92 Å². The van der Waals surface area contributed by atoms with Gasteiger partial charge in [-0.3, -0.25) is 4.79 Å². The van der Waals surface area contributed by atoms with Crippen LogP contribution in [0.5, 0.6) is 0 Å². The summed E-state index contributed by atoms with van der Waals surface area (Å²) in [5.74, 6) is 0.694. The lowest BCUT2D eigenvalue weighted by Gasteiger charge is -2.22. The maximum absolute atomic E-state index is 12.3. The Morgan fingerprint density at radius 2 is 2.24 bits per heavy atom. The van der Waals surface area contributed by atoms with Gasteiger partial charge in [0.25, 0.3) is 5.91 Å². The molecule has 1 aliphatic rings. The van der Waals surface area contributed by atoms with E-state index in [0.717, 1.165) is 22.4 Å². The van der Waals surface area contributed by atoms with E-state index in [9.17, 15) is 4.79 Å². The highest BCUT2D eigenvalue weighted by atomic mass is 79.9. The van der Waals surface area contributed by atoms with Gasteiger partial charge in [0.15, 0.2) is 0 Å². The van der Waals surface area contributed by atoms with Gasteiger partial charge in [-0.25, -0.2) is 0 Å². The second kappa shape index (κ2) is 5.08. The lowest BCUT2D eigenvalue weighted by atomic mass is 10.1. The number of rotatable bonds is 2. The predicted octanol–water partition coefficient (Wildman–Crippen LogP) is 2.53. The van der Waals surface area contributed by atoms with Crippen LogP contribution in [0.15, 0.2) is 15.2 Å². The number of likely N-dealkylation sites (N-methyl/N-ethyl adjacent to an activating group) is 1. The molecule has 1 aromatic rings. The van der Waals surface area contributed by atoms with Gasteiger partial charge >= 0.3 is 0 Å². The quantitative estimate of drug-likeness (QED) is 0.837. The first kappa shape index (κ1) is 13.1. The third-order valence-electron chi connectivity index (χ3n) is 3.34. The Morgan fingerprint density at radius 1 is 1.53 bits per heavy atom. The molecule has 1 saturated heterocycles. The second-order valence-corrected chi connectivity index (χ2v) is 7.15. The summed E-state index contributed by atoms with van der Waals surface area (Å²) in [5.41, 5.74) is 0.800. The first-order valence-electron chi connectivity index (χ1n) is 5.68. The third-order valence-corrected chi connectivity index (χ3v) is 4.84. The number of likely N-dealkylation sites (tertiary alicyclic amines) is 1. The molecule has 17 heavy (non-hydrogen) atoms. The molecule has 0 aliphatic carbocycles. The first-order valence-corrected chi connectivity index (χ1v) is 7.36. The van der Waals surface area contributed by atoms with Crippen molar-refractivity contribution in [3.8, 4) is 0 Å². The van der Waals surface area contributed by atoms with Crippen LogP contribution in [0.3, 0.4) is 0 Å². The van der Waals surface area contributed by atoms with Crippen LogP contribution < -0.4 is 0 Å². The largest absolute Gasteiger partial charge is 0.337 e. The maximum Gasteiger partial charge on any atom is 0.254 e. The summed E-state index contributed by atoms with van der Waals surface area (Å²) in [4.78, 5) is 16.4. The minimum atomic E-state index is 0.156. The van der Waals surface area contributed by atoms with Crippen molar-refractivity contribution in [2.24, 2.45) is 5.92 Å². The van der Waals surface area contributed by atoms with Gasteiger partial charge in [-0.05, 0) is 42.0 Å². The van der Waals surface area contributed by atoms with Gasteiger partial charge in [0.2, 0.25) is 0 Å². The highest BCUT2D eigenvalue weighted by molar-refractivity contribution is 9.11. The monoisotopic (exact) mass is 316 g/mol. The van der Waals surface area contributed by atoms with Crippen LogP contribution in [-0.4, -0.2) is 48.9 Å². The molecule has 0 aromatic carbocycles. The van der Waals surface area contributed by atoms with Crippen molar-refractivity contribution < 1.29 is 4.79 Å². The van der Waals surface area contributed by atoms with E-state index < -0.39 is 0 Å².